The second-order valence-corrected chi connectivity index (χ2v) is 6.41. The summed E-state index contributed by atoms with van der Waals surface area (Å²) in [6.07, 6.45) is 0.865. The van der Waals surface area contributed by atoms with Crippen molar-refractivity contribution in [2.75, 3.05) is 20.7 Å². The number of halogens is 1. The first-order chi connectivity index (χ1) is 13.7. The molecule has 0 aliphatic heterocycles. The van der Waals surface area contributed by atoms with Crippen LogP contribution in [0.5, 0.6) is 5.75 Å². The minimum atomic E-state index is 0.371. The number of hydrogen-bond acceptors (Lipinski definition) is 5. The zero-order chi connectivity index (χ0) is 19.8. The van der Waals surface area contributed by atoms with E-state index in [1.165, 1.54) is 5.56 Å². The maximum atomic E-state index is 6.00. The van der Waals surface area contributed by atoms with E-state index in [0.717, 1.165) is 24.3 Å². The van der Waals surface area contributed by atoms with E-state index in [2.05, 4.69) is 25.8 Å². The molecule has 0 amide bonds. The van der Waals surface area contributed by atoms with Crippen LogP contribution in [0.2, 0.25) is 5.02 Å². The highest BCUT2D eigenvalue weighted by atomic mass is 35.5. The third kappa shape index (κ3) is 5.47. The van der Waals surface area contributed by atoms with Crippen LogP contribution in [-0.2, 0) is 13.0 Å². The molecule has 1 aromatic heterocycles. The van der Waals surface area contributed by atoms with Gasteiger partial charge in [0.05, 0.1) is 13.7 Å². The number of nitrogens with zero attached hydrogens (tertiary/aromatic N) is 3. The molecule has 0 radical (unpaired) electrons. The molecule has 0 fully saturated rings. The summed E-state index contributed by atoms with van der Waals surface area (Å²) in [7, 11) is 3.38. The molecule has 3 aromatic rings. The van der Waals surface area contributed by atoms with Crippen molar-refractivity contribution in [3.05, 3.63) is 65.0 Å². The highest BCUT2D eigenvalue weighted by Crippen LogP contribution is 2.19. The second kappa shape index (κ2) is 9.75. The fourth-order valence-corrected chi connectivity index (χ4v) is 2.76. The Morgan fingerprint density at radius 1 is 1.18 bits per heavy atom. The average Bonchev–Trinajstić information content (AvgIpc) is 3.20. The highest BCUT2D eigenvalue weighted by molar-refractivity contribution is 6.30. The Bertz CT molecular complexity index is 924. The molecule has 0 saturated carbocycles. The maximum absolute atomic E-state index is 6.00. The topological polar surface area (TPSA) is 84.6 Å². The molecular formula is C20H22ClN5O2. The van der Waals surface area contributed by atoms with Crippen LogP contribution in [-0.4, -0.2) is 36.8 Å². The minimum absolute atomic E-state index is 0.371. The summed E-state index contributed by atoms with van der Waals surface area (Å²) < 4.78 is 10.5. The van der Waals surface area contributed by atoms with Gasteiger partial charge in [-0.15, -0.1) is 0 Å². The third-order valence-corrected chi connectivity index (χ3v) is 4.28. The van der Waals surface area contributed by atoms with Crippen LogP contribution in [0.15, 0.2) is 58.0 Å². The van der Waals surface area contributed by atoms with Crippen molar-refractivity contribution < 1.29 is 9.26 Å². The lowest BCUT2D eigenvalue weighted by atomic mass is 10.1. The summed E-state index contributed by atoms with van der Waals surface area (Å²) in [5, 5.41) is 11.0. The van der Waals surface area contributed by atoms with Gasteiger partial charge in [-0.3, -0.25) is 4.99 Å². The molecule has 0 aliphatic carbocycles. The van der Waals surface area contributed by atoms with Crippen molar-refractivity contribution in [2.45, 2.75) is 13.0 Å². The zero-order valence-corrected chi connectivity index (χ0v) is 16.5. The van der Waals surface area contributed by atoms with Gasteiger partial charge in [0.1, 0.15) is 5.75 Å². The largest absolute Gasteiger partial charge is 0.497 e. The summed E-state index contributed by atoms with van der Waals surface area (Å²) in [6, 6.07) is 15.3. The number of nitrogens with one attached hydrogen (secondary N) is 2. The highest BCUT2D eigenvalue weighted by Gasteiger charge is 2.09. The number of hydrogen-bond donors (Lipinski definition) is 2. The molecule has 146 valence electrons. The first kappa shape index (κ1) is 19.7. The van der Waals surface area contributed by atoms with Gasteiger partial charge in [0, 0.05) is 24.2 Å². The minimum Gasteiger partial charge on any atom is -0.497 e. The predicted octanol–water partition coefficient (Wildman–Crippen LogP) is 3.31. The van der Waals surface area contributed by atoms with Gasteiger partial charge in [-0.25, -0.2) is 0 Å². The number of aliphatic imine (C=N–C) groups is 1. The number of benzene rings is 2. The molecule has 8 heteroatoms. The van der Waals surface area contributed by atoms with Crippen molar-refractivity contribution >= 4 is 17.6 Å². The smallest absolute Gasteiger partial charge is 0.246 e. The number of aromatic nitrogens is 2. The molecule has 0 spiro atoms. The van der Waals surface area contributed by atoms with E-state index in [4.69, 9.17) is 20.9 Å². The van der Waals surface area contributed by atoms with Crippen LogP contribution in [0, 0.1) is 0 Å². The summed E-state index contributed by atoms with van der Waals surface area (Å²) in [5.74, 6) is 2.48. The summed E-state index contributed by atoms with van der Waals surface area (Å²) in [4.78, 5) is 8.58. The number of guanidine groups is 1. The van der Waals surface area contributed by atoms with Crippen LogP contribution in [0.3, 0.4) is 0 Å². The quantitative estimate of drug-likeness (QED) is 0.468. The van der Waals surface area contributed by atoms with Crippen LogP contribution < -0.4 is 15.4 Å². The van der Waals surface area contributed by atoms with Gasteiger partial charge in [-0.2, -0.15) is 4.98 Å². The molecule has 2 N–H and O–H groups in total. The Morgan fingerprint density at radius 2 is 2.00 bits per heavy atom. The van der Waals surface area contributed by atoms with Crippen LogP contribution in [0.1, 0.15) is 11.5 Å². The number of ether oxygens (including phenoxy) is 1. The second-order valence-electron chi connectivity index (χ2n) is 5.97. The van der Waals surface area contributed by atoms with E-state index in [1.807, 2.05) is 36.4 Å². The van der Waals surface area contributed by atoms with Gasteiger partial charge in [0.2, 0.25) is 11.7 Å². The van der Waals surface area contributed by atoms with Crippen LogP contribution in [0.25, 0.3) is 11.4 Å². The van der Waals surface area contributed by atoms with E-state index >= 15 is 0 Å². The Kier molecular flexibility index (Phi) is 6.86. The molecule has 0 bridgehead atoms. The Labute approximate surface area is 168 Å². The first-order valence-electron chi connectivity index (χ1n) is 8.84. The molecule has 0 atom stereocenters. The van der Waals surface area contributed by atoms with Gasteiger partial charge >= 0.3 is 0 Å². The Hall–Kier alpha value is -3.06. The monoisotopic (exact) mass is 399 g/mol. The Balaban J connectivity index is 1.47. The van der Waals surface area contributed by atoms with Crippen LogP contribution >= 0.6 is 11.6 Å². The lowest BCUT2D eigenvalue weighted by Gasteiger charge is -2.10. The molecule has 28 heavy (non-hydrogen) atoms. The first-order valence-corrected chi connectivity index (χ1v) is 9.21. The van der Waals surface area contributed by atoms with Gasteiger partial charge < -0.3 is 19.9 Å². The fourth-order valence-electron chi connectivity index (χ4n) is 2.57. The molecule has 3 rings (SSSR count). The standard InChI is InChI=1S/C20H22ClN5O2/c1-22-20(23-11-10-14-6-8-17(27-2)9-7-14)24-13-18-25-19(26-28-18)15-4-3-5-16(21)12-15/h3-9,12H,10-11,13H2,1-2H3,(H2,22,23,24). The van der Waals surface area contributed by atoms with Crippen molar-refractivity contribution in [2.24, 2.45) is 4.99 Å². The average molecular weight is 400 g/mol. The molecule has 2 aromatic carbocycles. The zero-order valence-electron chi connectivity index (χ0n) is 15.8. The van der Waals surface area contributed by atoms with Gasteiger partial charge in [0.25, 0.3) is 0 Å². The van der Waals surface area contributed by atoms with E-state index in [-0.39, 0.29) is 0 Å². The SMILES string of the molecule is CN=C(NCCc1ccc(OC)cc1)NCc1nc(-c2cccc(Cl)c2)no1. The predicted molar refractivity (Wildman–Crippen MR) is 110 cm³/mol. The van der Waals surface area contributed by atoms with E-state index < -0.39 is 0 Å². The molecule has 0 saturated heterocycles. The number of methoxy groups -OCH3 is 1. The van der Waals surface area contributed by atoms with E-state index in [0.29, 0.717) is 29.2 Å². The van der Waals surface area contributed by atoms with Crippen molar-refractivity contribution in [3.63, 3.8) is 0 Å². The molecule has 1 heterocycles. The van der Waals surface area contributed by atoms with Crippen LogP contribution in [0.4, 0.5) is 0 Å². The summed E-state index contributed by atoms with van der Waals surface area (Å²) in [6.45, 7) is 1.11. The van der Waals surface area contributed by atoms with E-state index in [1.54, 1.807) is 26.3 Å². The summed E-state index contributed by atoms with van der Waals surface area (Å²) in [5.41, 5.74) is 2.02. The molecular weight excluding hydrogens is 378 g/mol. The lowest BCUT2D eigenvalue weighted by Crippen LogP contribution is -2.37. The number of rotatable bonds is 7. The third-order valence-electron chi connectivity index (χ3n) is 4.05. The summed E-state index contributed by atoms with van der Waals surface area (Å²) >= 11 is 6.00. The van der Waals surface area contributed by atoms with Crippen molar-refractivity contribution in [1.29, 1.82) is 0 Å². The Morgan fingerprint density at radius 3 is 2.71 bits per heavy atom. The molecule has 7 nitrogen and oxygen atoms in total. The molecule has 0 aliphatic rings. The van der Waals surface area contributed by atoms with Gasteiger partial charge in [-0.05, 0) is 36.2 Å². The van der Waals surface area contributed by atoms with E-state index in [9.17, 15) is 0 Å². The van der Waals surface area contributed by atoms with Gasteiger partial charge in [0.15, 0.2) is 5.96 Å². The van der Waals surface area contributed by atoms with Crippen molar-refractivity contribution in [1.82, 2.24) is 20.8 Å². The normalized spacial score (nSPS) is 11.3. The maximum Gasteiger partial charge on any atom is 0.246 e. The van der Waals surface area contributed by atoms with Gasteiger partial charge in [-0.1, -0.05) is 41.0 Å². The lowest BCUT2D eigenvalue weighted by molar-refractivity contribution is 0.375. The fraction of sp³-hybridized carbons (Fsp3) is 0.250. The van der Waals surface area contributed by atoms with Crippen molar-refractivity contribution in [3.8, 4) is 17.1 Å². The molecule has 0 unspecified atom stereocenters.